The SMILES string of the molecule is OCCC(O)C(O)c1cnoc1. The van der Waals surface area contributed by atoms with Gasteiger partial charge in [-0.1, -0.05) is 5.16 Å². The molecule has 0 saturated carbocycles. The maximum absolute atomic E-state index is 9.35. The molecular formula is C7H11NO4. The van der Waals surface area contributed by atoms with Crippen LogP contribution in [-0.4, -0.2) is 33.2 Å². The number of nitrogens with zero attached hydrogens (tertiary/aromatic N) is 1. The molecule has 0 amide bonds. The van der Waals surface area contributed by atoms with Crippen molar-refractivity contribution < 1.29 is 19.8 Å². The van der Waals surface area contributed by atoms with Gasteiger partial charge >= 0.3 is 0 Å². The predicted molar refractivity (Wildman–Crippen MR) is 39.2 cm³/mol. The van der Waals surface area contributed by atoms with Gasteiger partial charge in [-0.3, -0.25) is 0 Å². The molecule has 1 rings (SSSR count). The molecule has 0 saturated heterocycles. The molecule has 1 aromatic heterocycles. The Morgan fingerprint density at radius 2 is 2.25 bits per heavy atom. The molecule has 68 valence electrons. The van der Waals surface area contributed by atoms with Gasteiger partial charge in [-0.05, 0) is 6.42 Å². The van der Waals surface area contributed by atoms with Crippen molar-refractivity contribution in [2.75, 3.05) is 6.61 Å². The number of rotatable bonds is 4. The van der Waals surface area contributed by atoms with E-state index in [1.807, 2.05) is 0 Å². The third kappa shape index (κ3) is 2.04. The Balaban J connectivity index is 2.53. The summed E-state index contributed by atoms with van der Waals surface area (Å²) in [5.41, 5.74) is 0.413. The van der Waals surface area contributed by atoms with E-state index < -0.39 is 12.2 Å². The van der Waals surface area contributed by atoms with Crippen LogP contribution in [0.15, 0.2) is 17.0 Å². The molecule has 5 nitrogen and oxygen atoms in total. The first kappa shape index (κ1) is 9.18. The van der Waals surface area contributed by atoms with E-state index in [0.717, 1.165) is 0 Å². The van der Waals surface area contributed by atoms with Gasteiger partial charge in [0.15, 0.2) is 0 Å². The fraction of sp³-hybridized carbons (Fsp3) is 0.571. The standard InChI is InChI=1S/C7H11NO4/c9-2-1-6(10)7(11)5-3-8-12-4-5/h3-4,6-7,9-11H,1-2H2. The molecule has 2 unspecified atom stereocenters. The Morgan fingerprint density at radius 1 is 1.50 bits per heavy atom. The van der Waals surface area contributed by atoms with Crippen LogP contribution in [0.3, 0.4) is 0 Å². The van der Waals surface area contributed by atoms with Crippen molar-refractivity contribution >= 4 is 0 Å². The highest BCUT2D eigenvalue weighted by Gasteiger charge is 2.18. The van der Waals surface area contributed by atoms with Crippen LogP contribution in [0.4, 0.5) is 0 Å². The first-order valence-electron chi connectivity index (χ1n) is 3.62. The Kier molecular flexibility index (Phi) is 3.21. The lowest BCUT2D eigenvalue weighted by atomic mass is 10.1. The zero-order valence-corrected chi connectivity index (χ0v) is 6.42. The summed E-state index contributed by atoms with van der Waals surface area (Å²) >= 11 is 0. The number of aliphatic hydroxyl groups is 3. The van der Waals surface area contributed by atoms with Crippen molar-refractivity contribution in [3.63, 3.8) is 0 Å². The minimum atomic E-state index is -1.04. The van der Waals surface area contributed by atoms with Gasteiger partial charge in [0, 0.05) is 12.2 Å². The molecule has 1 heterocycles. The summed E-state index contributed by atoms with van der Waals surface area (Å²) < 4.78 is 4.48. The number of hydrogen-bond donors (Lipinski definition) is 3. The normalized spacial score (nSPS) is 15.9. The van der Waals surface area contributed by atoms with Crippen molar-refractivity contribution in [3.05, 3.63) is 18.0 Å². The molecule has 3 N–H and O–H groups in total. The molecule has 0 aliphatic heterocycles. The molecule has 1 aromatic rings. The fourth-order valence-corrected chi connectivity index (χ4v) is 0.871. The van der Waals surface area contributed by atoms with Crippen molar-refractivity contribution in [1.29, 1.82) is 0 Å². The number of aromatic nitrogens is 1. The maximum Gasteiger partial charge on any atom is 0.129 e. The second-order valence-corrected chi connectivity index (χ2v) is 2.48. The fourth-order valence-electron chi connectivity index (χ4n) is 0.871. The quantitative estimate of drug-likeness (QED) is 0.568. The monoisotopic (exact) mass is 173 g/mol. The highest BCUT2D eigenvalue weighted by atomic mass is 16.5. The highest BCUT2D eigenvalue weighted by molar-refractivity contribution is 5.06. The van der Waals surface area contributed by atoms with Gasteiger partial charge in [0.25, 0.3) is 0 Å². The first-order chi connectivity index (χ1) is 5.75. The minimum absolute atomic E-state index is 0.131. The molecule has 5 heteroatoms. The van der Waals surface area contributed by atoms with Gasteiger partial charge in [0.2, 0.25) is 0 Å². The Labute approximate surface area is 69.2 Å². The van der Waals surface area contributed by atoms with Gasteiger partial charge in [-0.2, -0.15) is 0 Å². The molecule has 0 bridgehead atoms. The second-order valence-electron chi connectivity index (χ2n) is 2.48. The zero-order chi connectivity index (χ0) is 8.97. The maximum atomic E-state index is 9.35. The van der Waals surface area contributed by atoms with Gasteiger partial charge in [-0.15, -0.1) is 0 Å². The van der Waals surface area contributed by atoms with E-state index in [1.54, 1.807) is 0 Å². The smallest absolute Gasteiger partial charge is 0.129 e. The van der Waals surface area contributed by atoms with E-state index in [4.69, 9.17) is 5.11 Å². The average Bonchev–Trinajstić information content (AvgIpc) is 2.55. The molecule has 0 spiro atoms. The van der Waals surface area contributed by atoms with E-state index >= 15 is 0 Å². The summed E-state index contributed by atoms with van der Waals surface area (Å²) in [6, 6.07) is 0. The van der Waals surface area contributed by atoms with Gasteiger partial charge < -0.3 is 19.8 Å². The van der Waals surface area contributed by atoms with E-state index in [9.17, 15) is 10.2 Å². The average molecular weight is 173 g/mol. The molecule has 2 atom stereocenters. The summed E-state index contributed by atoms with van der Waals surface area (Å²) in [5.74, 6) is 0. The largest absolute Gasteiger partial charge is 0.396 e. The molecule has 0 aliphatic carbocycles. The third-order valence-corrected chi connectivity index (χ3v) is 1.58. The lowest BCUT2D eigenvalue weighted by Gasteiger charge is -2.13. The van der Waals surface area contributed by atoms with Crippen LogP contribution >= 0.6 is 0 Å². The lowest BCUT2D eigenvalue weighted by molar-refractivity contribution is 0.00392. The molecule has 0 radical (unpaired) electrons. The van der Waals surface area contributed by atoms with Crippen molar-refractivity contribution in [2.24, 2.45) is 0 Å². The molecular weight excluding hydrogens is 162 g/mol. The van der Waals surface area contributed by atoms with Crippen molar-refractivity contribution in [3.8, 4) is 0 Å². The first-order valence-corrected chi connectivity index (χ1v) is 3.62. The highest BCUT2D eigenvalue weighted by Crippen LogP contribution is 2.17. The van der Waals surface area contributed by atoms with E-state index in [1.165, 1.54) is 12.5 Å². The lowest BCUT2D eigenvalue weighted by Crippen LogP contribution is -2.18. The van der Waals surface area contributed by atoms with Gasteiger partial charge in [0.05, 0.1) is 12.3 Å². The predicted octanol–water partition coefficient (Wildman–Crippen LogP) is -0.549. The van der Waals surface area contributed by atoms with Crippen LogP contribution in [0, 0.1) is 0 Å². The van der Waals surface area contributed by atoms with Crippen molar-refractivity contribution in [1.82, 2.24) is 5.16 Å². The molecule has 12 heavy (non-hydrogen) atoms. The molecule has 0 aliphatic rings. The van der Waals surface area contributed by atoms with E-state index in [-0.39, 0.29) is 13.0 Å². The van der Waals surface area contributed by atoms with E-state index in [0.29, 0.717) is 5.56 Å². The Bertz CT molecular complexity index is 211. The second kappa shape index (κ2) is 4.20. The Hall–Kier alpha value is -0.910. The van der Waals surface area contributed by atoms with Crippen LogP contribution in [0.2, 0.25) is 0 Å². The van der Waals surface area contributed by atoms with Crippen molar-refractivity contribution in [2.45, 2.75) is 18.6 Å². The third-order valence-electron chi connectivity index (χ3n) is 1.58. The summed E-state index contributed by atoms with van der Waals surface area (Å²) in [6.45, 7) is -0.163. The van der Waals surface area contributed by atoms with Crippen LogP contribution in [0.5, 0.6) is 0 Å². The van der Waals surface area contributed by atoms with Gasteiger partial charge in [0.1, 0.15) is 12.4 Å². The summed E-state index contributed by atoms with van der Waals surface area (Å²) in [7, 11) is 0. The van der Waals surface area contributed by atoms with Crippen LogP contribution in [-0.2, 0) is 0 Å². The number of hydrogen-bond acceptors (Lipinski definition) is 5. The zero-order valence-electron chi connectivity index (χ0n) is 6.42. The van der Waals surface area contributed by atoms with Crippen LogP contribution in [0.1, 0.15) is 18.1 Å². The summed E-state index contributed by atoms with van der Waals surface area (Å²) in [4.78, 5) is 0. The minimum Gasteiger partial charge on any atom is -0.396 e. The number of aliphatic hydroxyl groups excluding tert-OH is 3. The topological polar surface area (TPSA) is 86.7 Å². The van der Waals surface area contributed by atoms with Crippen LogP contribution in [0.25, 0.3) is 0 Å². The summed E-state index contributed by atoms with van der Waals surface area (Å²) in [6.07, 6.45) is 0.695. The Morgan fingerprint density at radius 3 is 2.75 bits per heavy atom. The van der Waals surface area contributed by atoms with Crippen LogP contribution < -0.4 is 0 Å². The summed E-state index contributed by atoms with van der Waals surface area (Å²) in [5, 5.41) is 30.4. The molecule has 0 aromatic carbocycles. The van der Waals surface area contributed by atoms with E-state index in [2.05, 4.69) is 9.68 Å². The van der Waals surface area contributed by atoms with Gasteiger partial charge in [-0.25, -0.2) is 0 Å². The molecule has 0 fully saturated rings.